The van der Waals surface area contributed by atoms with Crippen molar-refractivity contribution >= 4 is 15.9 Å². The molecule has 0 amide bonds. The summed E-state index contributed by atoms with van der Waals surface area (Å²) in [6.07, 6.45) is 0. The number of aryl methyl sites for hydroxylation is 1. The Bertz CT molecular complexity index is 396. The average molecular weight is 313 g/mol. The number of hydrogen-bond acceptors (Lipinski definition) is 2. The van der Waals surface area contributed by atoms with Crippen LogP contribution in [0.3, 0.4) is 0 Å². The standard InChI is InChI=1S/C15H25BrN2/c1-11-8-12(6-7-13(11)16)14(9-17)18(5)10-15(2,3)4/h6-8,14H,9-10,17H2,1-5H3. The highest BCUT2D eigenvalue weighted by molar-refractivity contribution is 9.10. The van der Waals surface area contributed by atoms with E-state index in [4.69, 9.17) is 5.73 Å². The van der Waals surface area contributed by atoms with Crippen LogP contribution in [0.1, 0.15) is 37.9 Å². The van der Waals surface area contributed by atoms with Gasteiger partial charge in [0.05, 0.1) is 0 Å². The SMILES string of the molecule is Cc1cc(C(CN)N(C)CC(C)(C)C)ccc1Br. The Morgan fingerprint density at radius 2 is 1.94 bits per heavy atom. The van der Waals surface area contributed by atoms with E-state index in [1.54, 1.807) is 0 Å². The Labute approximate surface area is 120 Å². The molecule has 1 rings (SSSR count). The van der Waals surface area contributed by atoms with E-state index in [1.807, 2.05) is 0 Å². The third-order valence-corrected chi connectivity index (χ3v) is 3.94. The van der Waals surface area contributed by atoms with Gasteiger partial charge in [-0.1, -0.05) is 48.8 Å². The first-order chi connectivity index (χ1) is 8.24. The van der Waals surface area contributed by atoms with Gasteiger partial charge in [-0.2, -0.15) is 0 Å². The van der Waals surface area contributed by atoms with Crippen molar-refractivity contribution in [3.8, 4) is 0 Å². The Hall–Kier alpha value is -0.380. The molecule has 0 heterocycles. The molecule has 0 aromatic heterocycles. The molecule has 0 aliphatic rings. The predicted octanol–water partition coefficient (Wildman–Crippen LogP) is 3.74. The molecule has 3 heteroatoms. The molecule has 0 bridgehead atoms. The van der Waals surface area contributed by atoms with Crippen LogP contribution in [0.5, 0.6) is 0 Å². The van der Waals surface area contributed by atoms with Crippen molar-refractivity contribution in [3.63, 3.8) is 0 Å². The molecule has 1 aromatic carbocycles. The molecular weight excluding hydrogens is 288 g/mol. The summed E-state index contributed by atoms with van der Waals surface area (Å²) in [5, 5.41) is 0. The minimum Gasteiger partial charge on any atom is -0.329 e. The van der Waals surface area contributed by atoms with Gasteiger partial charge in [0, 0.05) is 23.6 Å². The molecular formula is C15H25BrN2. The Morgan fingerprint density at radius 3 is 2.39 bits per heavy atom. The van der Waals surface area contributed by atoms with Gasteiger partial charge in [-0.3, -0.25) is 4.90 Å². The molecule has 0 saturated carbocycles. The van der Waals surface area contributed by atoms with Gasteiger partial charge in [-0.05, 0) is 36.6 Å². The van der Waals surface area contributed by atoms with Crippen molar-refractivity contribution in [1.29, 1.82) is 0 Å². The zero-order valence-corrected chi connectivity index (χ0v) is 13.7. The second-order valence-electron chi connectivity index (χ2n) is 6.24. The summed E-state index contributed by atoms with van der Waals surface area (Å²) in [4.78, 5) is 2.35. The van der Waals surface area contributed by atoms with Crippen LogP contribution >= 0.6 is 15.9 Å². The summed E-state index contributed by atoms with van der Waals surface area (Å²) in [5.41, 5.74) is 8.80. The summed E-state index contributed by atoms with van der Waals surface area (Å²) >= 11 is 3.54. The smallest absolute Gasteiger partial charge is 0.0467 e. The maximum atomic E-state index is 5.96. The van der Waals surface area contributed by atoms with Gasteiger partial charge in [-0.25, -0.2) is 0 Å². The van der Waals surface area contributed by atoms with Crippen molar-refractivity contribution in [2.45, 2.75) is 33.7 Å². The average Bonchev–Trinajstić information content (AvgIpc) is 2.21. The fourth-order valence-electron chi connectivity index (χ4n) is 2.30. The van der Waals surface area contributed by atoms with Gasteiger partial charge < -0.3 is 5.73 Å². The Balaban J connectivity index is 2.91. The van der Waals surface area contributed by atoms with E-state index in [0.717, 1.165) is 11.0 Å². The number of nitrogens with two attached hydrogens (primary N) is 1. The molecule has 0 spiro atoms. The van der Waals surface area contributed by atoms with Gasteiger partial charge >= 0.3 is 0 Å². The maximum Gasteiger partial charge on any atom is 0.0467 e. The monoisotopic (exact) mass is 312 g/mol. The highest BCUT2D eigenvalue weighted by atomic mass is 79.9. The zero-order valence-electron chi connectivity index (χ0n) is 12.1. The number of likely N-dealkylation sites (N-methyl/N-ethyl adjacent to an activating group) is 1. The second-order valence-corrected chi connectivity index (χ2v) is 7.09. The predicted molar refractivity (Wildman–Crippen MR) is 82.8 cm³/mol. The second kappa shape index (κ2) is 6.18. The lowest BCUT2D eigenvalue weighted by molar-refractivity contribution is 0.175. The molecule has 2 nitrogen and oxygen atoms in total. The molecule has 1 aromatic rings. The molecule has 0 radical (unpaired) electrons. The maximum absolute atomic E-state index is 5.96. The van der Waals surface area contributed by atoms with Crippen molar-refractivity contribution in [3.05, 3.63) is 33.8 Å². The highest BCUT2D eigenvalue weighted by Gasteiger charge is 2.21. The molecule has 2 N–H and O–H groups in total. The van der Waals surface area contributed by atoms with E-state index in [1.165, 1.54) is 11.1 Å². The lowest BCUT2D eigenvalue weighted by Crippen LogP contribution is -2.36. The molecule has 1 unspecified atom stereocenters. The Kier molecular flexibility index (Phi) is 5.38. The van der Waals surface area contributed by atoms with Crippen molar-refractivity contribution in [1.82, 2.24) is 4.90 Å². The summed E-state index contributed by atoms with van der Waals surface area (Å²) < 4.78 is 1.15. The number of benzene rings is 1. The van der Waals surface area contributed by atoms with E-state index in [0.29, 0.717) is 6.54 Å². The number of halogens is 1. The normalized spacial score (nSPS) is 14.0. The summed E-state index contributed by atoms with van der Waals surface area (Å²) in [7, 11) is 2.15. The number of rotatable bonds is 4. The van der Waals surface area contributed by atoms with Crippen LogP contribution < -0.4 is 5.73 Å². The lowest BCUT2D eigenvalue weighted by atomic mass is 9.94. The summed E-state index contributed by atoms with van der Waals surface area (Å²) in [5.74, 6) is 0. The van der Waals surface area contributed by atoms with E-state index in [-0.39, 0.29) is 11.5 Å². The van der Waals surface area contributed by atoms with Crippen molar-refractivity contribution in [2.24, 2.45) is 11.1 Å². The molecule has 18 heavy (non-hydrogen) atoms. The lowest BCUT2D eigenvalue weighted by Gasteiger charge is -2.33. The van der Waals surface area contributed by atoms with Crippen LogP contribution in [0, 0.1) is 12.3 Å². The zero-order chi connectivity index (χ0) is 13.9. The summed E-state index contributed by atoms with van der Waals surface area (Å²) in [6, 6.07) is 6.78. The van der Waals surface area contributed by atoms with E-state index < -0.39 is 0 Å². The molecule has 0 aliphatic heterocycles. The van der Waals surface area contributed by atoms with E-state index in [2.05, 4.69) is 73.8 Å². The molecule has 0 saturated heterocycles. The largest absolute Gasteiger partial charge is 0.329 e. The first kappa shape index (κ1) is 15.7. The molecule has 0 fully saturated rings. The third-order valence-electron chi connectivity index (χ3n) is 3.05. The number of nitrogens with zero attached hydrogens (tertiary/aromatic N) is 1. The van der Waals surface area contributed by atoms with Gasteiger partial charge in [0.2, 0.25) is 0 Å². The van der Waals surface area contributed by atoms with Gasteiger partial charge in [0.1, 0.15) is 0 Å². The minimum absolute atomic E-state index is 0.284. The van der Waals surface area contributed by atoms with Gasteiger partial charge in [0.15, 0.2) is 0 Å². The topological polar surface area (TPSA) is 29.3 Å². The minimum atomic E-state index is 0.284. The fraction of sp³-hybridized carbons (Fsp3) is 0.600. The van der Waals surface area contributed by atoms with Crippen molar-refractivity contribution < 1.29 is 0 Å². The number of hydrogen-bond donors (Lipinski definition) is 1. The quantitative estimate of drug-likeness (QED) is 0.917. The van der Waals surface area contributed by atoms with Crippen LogP contribution in [-0.2, 0) is 0 Å². The van der Waals surface area contributed by atoms with Crippen LogP contribution in [0.2, 0.25) is 0 Å². The Morgan fingerprint density at radius 1 is 1.33 bits per heavy atom. The molecule has 0 aliphatic carbocycles. The van der Waals surface area contributed by atoms with Crippen LogP contribution in [0.15, 0.2) is 22.7 Å². The highest BCUT2D eigenvalue weighted by Crippen LogP contribution is 2.26. The van der Waals surface area contributed by atoms with Crippen LogP contribution in [-0.4, -0.2) is 25.0 Å². The molecule has 1 atom stereocenters. The van der Waals surface area contributed by atoms with E-state index >= 15 is 0 Å². The van der Waals surface area contributed by atoms with Gasteiger partial charge in [-0.15, -0.1) is 0 Å². The van der Waals surface area contributed by atoms with Gasteiger partial charge in [0.25, 0.3) is 0 Å². The fourth-order valence-corrected chi connectivity index (χ4v) is 2.55. The first-order valence-corrected chi connectivity index (χ1v) is 7.20. The van der Waals surface area contributed by atoms with Crippen LogP contribution in [0.25, 0.3) is 0 Å². The first-order valence-electron chi connectivity index (χ1n) is 6.41. The van der Waals surface area contributed by atoms with E-state index in [9.17, 15) is 0 Å². The van der Waals surface area contributed by atoms with Crippen LogP contribution in [0.4, 0.5) is 0 Å². The summed E-state index contributed by atoms with van der Waals surface area (Å²) in [6.45, 7) is 10.6. The molecule has 102 valence electrons. The third kappa shape index (κ3) is 4.38. The van der Waals surface area contributed by atoms with Crippen molar-refractivity contribution in [2.75, 3.05) is 20.1 Å².